The SMILES string of the molecule is CNC(=O)c1c(F)cc(OCCCN(Cc2cccc(C)c2Cl)CC(c2ccccc2)c2ccccc2)cc1S(C)(=O)=O. The van der Waals surface area contributed by atoms with Gasteiger partial charge in [0.1, 0.15) is 11.6 Å². The molecule has 0 aliphatic carbocycles. The van der Waals surface area contributed by atoms with Gasteiger partial charge in [-0.3, -0.25) is 9.69 Å². The minimum atomic E-state index is -3.89. The average molecular weight is 623 g/mol. The molecule has 0 radical (unpaired) electrons. The summed E-state index contributed by atoms with van der Waals surface area (Å²) in [5, 5.41) is 3.02. The highest BCUT2D eigenvalue weighted by molar-refractivity contribution is 7.90. The molecular formula is C34H36ClFN2O4S. The van der Waals surface area contributed by atoms with E-state index in [1.807, 2.05) is 61.5 Å². The Balaban J connectivity index is 1.55. The van der Waals surface area contributed by atoms with Crippen LogP contribution in [0.4, 0.5) is 4.39 Å². The van der Waals surface area contributed by atoms with E-state index < -0.39 is 32.0 Å². The molecule has 0 fully saturated rings. The van der Waals surface area contributed by atoms with Crippen molar-refractivity contribution in [2.45, 2.75) is 30.7 Å². The van der Waals surface area contributed by atoms with E-state index >= 15 is 0 Å². The van der Waals surface area contributed by atoms with Crippen LogP contribution in [-0.4, -0.2) is 52.2 Å². The van der Waals surface area contributed by atoms with Crippen molar-refractivity contribution in [3.8, 4) is 5.75 Å². The number of aryl methyl sites for hydroxylation is 1. The number of benzene rings is 4. The van der Waals surface area contributed by atoms with Gasteiger partial charge < -0.3 is 10.1 Å². The van der Waals surface area contributed by atoms with Crippen LogP contribution in [0.5, 0.6) is 5.75 Å². The van der Waals surface area contributed by atoms with Gasteiger partial charge in [-0.15, -0.1) is 0 Å². The number of halogens is 2. The van der Waals surface area contributed by atoms with Crippen LogP contribution in [0.3, 0.4) is 0 Å². The van der Waals surface area contributed by atoms with Crippen LogP contribution < -0.4 is 10.1 Å². The van der Waals surface area contributed by atoms with Gasteiger partial charge in [-0.1, -0.05) is 90.5 Å². The van der Waals surface area contributed by atoms with Crippen LogP contribution in [0, 0.1) is 12.7 Å². The van der Waals surface area contributed by atoms with Crippen molar-refractivity contribution in [2.24, 2.45) is 0 Å². The van der Waals surface area contributed by atoms with Crippen LogP contribution in [0.15, 0.2) is 95.9 Å². The fourth-order valence-electron chi connectivity index (χ4n) is 5.10. The molecule has 0 saturated carbocycles. The van der Waals surface area contributed by atoms with Crippen LogP contribution in [-0.2, 0) is 16.4 Å². The second-order valence-electron chi connectivity index (χ2n) is 10.5. The monoisotopic (exact) mass is 622 g/mol. The summed E-state index contributed by atoms with van der Waals surface area (Å²) in [4.78, 5) is 14.1. The average Bonchev–Trinajstić information content (AvgIpc) is 2.99. The number of carbonyl (C=O) groups is 1. The van der Waals surface area contributed by atoms with E-state index in [0.29, 0.717) is 26.1 Å². The van der Waals surface area contributed by atoms with Gasteiger partial charge in [0.15, 0.2) is 9.84 Å². The zero-order valence-electron chi connectivity index (χ0n) is 24.5. The third kappa shape index (κ3) is 8.44. The molecule has 0 aliphatic rings. The number of amides is 1. The summed E-state index contributed by atoms with van der Waals surface area (Å²) < 4.78 is 45.4. The molecule has 1 amide bonds. The lowest BCUT2D eigenvalue weighted by molar-refractivity contribution is 0.0955. The highest BCUT2D eigenvalue weighted by Crippen LogP contribution is 2.29. The maximum absolute atomic E-state index is 14.9. The molecule has 1 N–H and O–H groups in total. The van der Waals surface area contributed by atoms with E-state index in [0.717, 1.165) is 28.5 Å². The number of hydrogen-bond donors (Lipinski definition) is 1. The van der Waals surface area contributed by atoms with Crippen molar-refractivity contribution in [3.05, 3.63) is 130 Å². The van der Waals surface area contributed by atoms with Crippen molar-refractivity contribution in [1.82, 2.24) is 10.2 Å². The third-order valence-electron chi connectivity index (χ3n) is 7.28. The molecular weight excluding hydrogens is 587 g/mol. The molecule has 9 heteroatoms. The number of nitrogens with zero attached hydrogens (tertiary/aromatic N) is 1. The third-order valence-corrected chi connectivity index (χ3v) is 8.94. The van der Waals surface area contributed by atoms with Gasteiger partial charge in [-0.05, 0) is 41.7 Å². The Hall–Kier alpha value is -3.72. The Labute approximate surface area is 258 Å². The van der Waals surface area contributed by atoms with Crippen molar-refractivity contribution >= 4 is 27.3 Å². The van der Waals surface area contributed by atoms with Gasteiger partial charge in [0.05, 0.1) is 17.1 Å². The van der Waals surface area contributed by atoms with Crippen molar-refractivity contribution in [1.29, 1.82) is 0 Å². The van der Waals surface area contributed by atoms with Crippen molar-refractivity contribution in [3.63, 3.8) is 0 Å². The molecule has 0 aromatic heterocycles. The molecule has 4 rings (SSSR count). The summed E-state index contributed by atoms with van der Waals surface area (Å²) in [6, 6.07) is 29.0. The van der Waals surface area contributed by atoms with Crippen molar-refractivity contribution in [2.75, 3.05) is 33.0 Å². The molecule has 6 nitrogen and oxygen atoms in total. The number of carbonyl (C=O) groups excluding carboxylic acids is 1. The first kappa shape index (κ1) is 32.2. The van der Waals surface area contributed by atoms with Crippen LogP contribution in [0.2, 0.25) is 5.02 Å². The fourth-order valence-corrected chi connectivity index (χ4v) is 6.17. The summed E-state index contributed by atoms with van der Waals surface area (Å²) in [6.45, 7) is 4.16. The molecule has 226 valence electrons. The minimum Gasteiger partial charge on any atom is -0.493 e. The maximum atomic E-state index is 14.9. The lowest BCUT2D eigenvalue weighted by Crippen LogP contribution is -2.31. The lowest BCUT2D eigenvalue weighted by Gasteiger charge is -2.29. The summed E-state index contributed by atoms with van der Waals surface area (Å²) >= 11 is 6.70. The molecule has 4 aromatic rings. The summed E-state index contributed by atoms with van der Waals surface area (Å²) in [5.74, 6) is -1.62. The van der Waals surface area contributed by atoms with Gasteiger partial charge in [0, 0.05) is 49.9 Å². The van der Waals surface area contributed by atoms with E-state index in [9.17, 15) is 17.6 Å². The first-order valence-electron chi connectivity index (χ1n) is 14.0. The zero-order chi connectivity index (χ0) is 31.0. The van der Waals surface area contributed by atoms with Crippen LogP contribution >= 0.6 is 11.6 Å². The van der Waals surface area contributed by atoms with E-state index in [1.165, 1.54) is 24.2 Å². The lowest BCUT2D eigenvalue weighted by atomic mass is 9.90. The Morgan fingerprint density at radius 1 is 0.977 bits per heavy atom. The molecule has 0 saturated heterocycles. The predicted octanol–water partition coefficient (Wildman–Crippen LogP) is 6.65. The zero-order valence-corrected chi connectivity index (χ0v) is 26.1. The van der Waals surface area contributed by atoms with E-state index in [4.69, 9.17) is 16.3 Å². The highest BCUT2D eigenvalue weighted by Gasteiger charge is 2.24. The number of nitrogens with one attached hydrogen (secondary N) is 1. The fraction of sp³-hybridized carbons (Fsp3) is 0.265. The Morgan fingerprint density at radius 2 is 1.60 bits per heavy atom. The molecule has 0 bridgehead atoms. The molecule has 0 aliphatic heterocycles. The summed E-state index contributed by atoms with van der Waals surface area (Å²) in [5.41, 5.74) is 3.91. The standard InChI is InChI=1S/C34H36ClFN2O4S/c1-24-12-10-17-27(33(24)35)22-38(23-29(25-13-6-4-7-14-25)26-15-8-5-9-16-26)18-11-19-42-28-20-30(36)32(34(39)37-2)31(21-28)43(3,40)41/h4-10,12-17,20-21,29H,11,18-19,22-23H2,1-3H3,(H,37,39). The minimum absolute atomic E-state index is 0.0466. The smallest absolute Gasteiger partial charge is 0.255 e. The van der Waals surface area contributed by atoms with Gasteiger partial charge in [-0.2, -0.15) is 0 Å². The highest BCUT2D eigenvalue weighted by atomic mass is 35.5. The first-order valence-corrected chi connectivity index (χ1v) is 16.3. The number of hydrogen-bond acceptors (Lipinski definition) is 5. The second kappa shape index (κ2) is 14.6. The molecule has 0 heterocycles. The second-order valence-corrected chi connectivity index (χ2v) is 12.9. The summed E-state index contributed by atoms with van der Waals surface area (Å²) in [6.07, 6.45) is 1.51. The molecule has 0 atom stereocenters. The van der Waals surface area contributed by atoms with Crippen LogP contribution in [0.25, 0.3) is 0 Å². The van der Waals surface area contributed by atoms with Crippen molar-refractivity contribution < 1.29 is 22.3 Å². The van der Waals surface area contributed by atoms with Gasteiger partial charge >= 0.3 is 0 Å². The molecule has 0 spiro atoms. The Bertz CT molecular complexity index is 1610. The maximum Gasteiger partial charge on any atom is 0.255 e. The molecule has 0 unspecified atom stereocenters. The first-order chi connectivity index (χ1) is 20.6. The quantitative estimate of drug-likeness (QED) is 0.169. The normalized spacial score (nSPS) is 11.6. The number of ether oxygens (including phenoxy) is 1. The predicted molar refractivity (Wildman–Crippen MR) is 169 cm³/mol. The van der Waals surface area contributed by atoms with Crippen LogP contribution in [0.1, 0.15) is 45.0 Å². The van der Waals surface area contributed by atoms with Gasteiger partial charge in [-0.25, -0.2) is 12.8 Å². The number of sulfone groups is 1. The Kier molecular flexibility index (Phi) is 11.0. The van der Waals surface area contributed by atoms with E-state index in [2.05, 4.69) is 34.5 Å². The summed E-state index contributed by atoms with van der Waals surface area (Å²) in [7, 11) is -2.57. The van der Waals surface area contributed by atoms with E-state index in [1.54, 1.807) is 0 Å². The molecule has 4 aromatic carbocycles. The molecule has 43 heavy (non-hydrogen) atoms. The largest absolute Gasteiger partial charge is 0.493 e. The number of rotatable bonds is 13. The Morgan fingerprint density at radius 3 is 2.19 bits per heavy atom. The van der Waals surface area contributed by atoms with Gasteiger partial charge in [0.25, 0.3) is 5.91 Å². The van der Waals surface area contributed by atoms with Gasteiger partial charge in [0.2, 0.25) is 0 Å². The van der Waals surface area contributed by atoms with E-state index in [-0.39, 0.29) is 18.3 Å². The topological polar surface area (TPSA) is 75.7 Å².